The van der Waals surface area contributed by atoms with E-state index in [-0.39, 0.29) is 11.5 Å². The number of amides is 3. The van der Waals surface area contributed by atoms with Gasteiger partial charge in [-0.05, 0) is 56.3 Å². The van der Waals surface area contributed by atoms with E-state index in [1.165, 1.54) is 43.4 Å². The van der Waals surface area contributed by atoms with Gasteiger partial charge in [-0.3, -0.25) is 24.0 Å². The van der Waals surface area contributed by atoms with Gasteiger partial charge in [0.05, 0.1) is 16.4 Å². The van der Waals surface area contributed by atoms with Gasteiger partial charge < -0.3 is 5.32 Å². The van der Waals surface area contributed by atoms with Crippen molar-refractivity contribution in [1.29, 1.82) is 0 Å². The first-order valence-corrected chi connectivity index (χ1v) is 10.0. The Balaban J connectivity index is 1.74. The van der Waals surface area contributed by atoms with E-state index in [0.29, 0.717) is 22.5 Å². The Morgan fingerprint density at radius 1 is 0.929 bits per heavy atom. The second-order valence-electron chi connectivity index (χ2n) is 6.66. The summed E-state index contributed by atoms with van der Waals surface area (Å²) in [5, 5.41) is 2.08. The Labute approximate surface area is 162 Å². The Bertz CT molecular complexity index is 1080. The van der Waals surface area contributed by atoms with E-state index in [0.717, 1.165) is 4.90 Å². The first kappa shape index (κ1) is 19.6. The van der Waals surface area contributed by atoms with Gasteiger partial charge in [0.2, 0.25) is 10.0 Å². The van der Waals surface area contributed by atoms with Crippen LogP contribution >= 0.6 is 0 Å². The third-order valence-electron chi connectivity index (χ3n) is 4.38. The molecule has 146 valence electrons. The van der Waals surface area contributed by atoms with Crippen molar-refractivity contribution in [3.05, 3.63) is 59.2 Å². The highest BCUT2D eigenvalue weighted by Gasteiger charge is 2.32. The lowest BCUT2D eigenvalue weighted by Gasteiger charge is -2.11. The van der Waals surface area contributed by atoms with Crippen LogP contribution in [0.3, 0.4) is 0 Å². The maximum atomic E-state index is 12.4. The number of hydrogen-bond acceptors (Lipinski definition) is 5. The fourth-order valence-corrected chi connectivity index (χ4v) is 3.31. The molecule has 0 unspecified atom stereocenters. The zero-order chi connectivity index (χ0) is 20.6. The molecule has 3 amide bonds. The highest BCUT2D eigenvalue weighted by molar-refractivity contribution is 7.93. The van der Waals surface area contributed by atoms with E-state index >= 15 is 0 Å². The van der Waals surface area contributed by atoms with Crippen LogP contribution in [-0.4, -0.2) is 43.3 Å². The molecule has 1 aliphatic heterocycles. The van der Waals surface area contributed by atoms with E-state index < -0.39 is 27.1 Å². The van der Waals surface area contributed by atoms with E-state index in [9.17, 15) is 22.8 Å². The molecule has 0 saturated carbocycles. The zero-order valence-corrected chi connectivity index (χ0v) is 16.3. The molecule has 2 aromatic carbocycles. The molecule has 9 heteroatoms. The van der Waals surface area contributed by atoms with Crippen LogP contribution in [0.5, 0.6) is 0 Å². The van der Waals surface area contributed by atoms with Crippen LogP contribution in [0.4, 0.5) is 11.4 Å². The van der Waals surface area contributed by atoms with Gasteiger partial charge in [0.25, 0.3) is 17.7 Å². The first-order chi connectivity index (χ1) is 13.1. The van der Waals surface area contributed by atoms with Crippen LogP contribution < -0.4 is 10.0 Å². The van der Waals surface area contributed by atoms with Crippen LogP contribution in [0.15, 0.2) is 42.5 Å². The fraction of sp³-hybridized carbons (Fsp3) is 0.211. The summed E-state index contributed by atoms with van der Waals surface area (Å²) in [4.78, 5) is 37.4. The summed E-state index contributed by atoms with van der Waals surface area (Å²) >= 11 is 0. The lowest BCUT2D eigenvalue weighted by Crippen LogP contribution is -2.24. The smallest absolute Gasteiger partial charge is 0.261 e. The average molecular weight is 401 g/mol. The van der Waals surface area contributed by atoms with E-state index in [1.54, 1.807) is 19.9 Å². The second-order valence-corrected chi connectivity index (χ2v) is 8.89. The van der Waals surface area contributed by atoms with Crippen molar-refractivity contribution >= 4 is 39.1 Å². The molecule has 2 N–H and O–H groups in total. The maximum absolute atomic E-state index is 12.4. The lowest BCUT2D eigenvalue weighted by molar-refractivity contribution is 0.0692. The molecule has 0 saturated heterocycles. The summed E-state index contributed by atoms with van der Waals surface area (Å²) in [6.45, 7) is 3.13. The van der Waals surface area contributed by atoms with Gasteiger partial charge in [-0.2, -0.15) is 0 Å². The van der Waals surface area contributed by atoms with Crippen molar-refractivity contribution in [1.82, 2.24) is 4.90 Å². The molecule has 8 nitrogen and oxygen atoms in total. The van der Waals surface area contributed by atoms with Crippen molar-refractivity contribution < 1.29 is 22.8 Å². The molecule has 28 heavy (non-hydrogen) atoms. The van der Waals surface area contributed by atoms with Crippen LogP contribution in [0.25, 0.3) is 0 Å². The van der Waals surface area contributed by atoms with Gasteiger partial charge in [0, 0.05) is 24.0 Å². The molecule has 0 atom stereocenters. The van der Waals surface area contributed by atoms with Crippen molar-refractivity contribution in [2.45, 2.75) is 19.1 Å². The number of imide groups is 1. The topological polar surface area (TPSA) is 113 Å². The van der Waals surface area contributed by atoms with Gasteiger partial charge in [0.1, 0.15) is 0 Å². The Morgan fingerprint density at radius 3 is 2.11 bits per heavy atom. The summed E-state index contributed by atoms with van der Waals surface area (Å²) in [5.74, 6) is -1.22. The largest absolute Gasteiger partial charge is 0.322 e. The molecule has 0 bridgehead atoms. The number of anilines is 2. The molecular formula is C19H19N3O5S. The van der Waals surface area contributed by atoms with Crippen LogP contribution in [-0.2, 0) is 10.0 Å². The minimum Gasteiger partial charge on any atom is -0.322 e. The van der Waals surface area contributed by atoms with Gasteiger partial charge in [-0.1, -0.05) is 0 Å². The average Bonchev–Trinajstić information content (AvgIpc) is 2.86. The maximum Gasteiger partial charge on any atom is 0.261 e. The van der Waals surface area contributed by atoms with Gasteiger partial charge in [-0.25, -0.2) is 8.42 Å². The summed E-state index contributed by atoms with van der Waals surface area (Å²) in [7, 11) is -2.07. The van der Waals surface area contributed by atoms with Gasteiger partial charge in [-0.15, -0.1) is 0 Å². The summed E-state index contributed by atoms with van der Waals surface area (Å²) < 4.78 is 26.2. The molecular weight excluding hydrogens is 382 g/mol. The van der Waals surface area contributed by atoms with Crippen LogP contribution in [0.2, 0.25) is 0 Å². The highest BCUT2D eigenvalue weighted by Crippen LogP contribution is 2.25. The molecule has 0 spiro atoms. The molecule has 2 aromatic rings. The number of sulfonamides is 1. The highest BCUT2D eigenvalue weighted by atomic mass is 32.2. The number of benzene rings is 2. The quantitative estimate of drug-likeness (QED) is 0.747. The number of fused-ring (bicyclic) bond motifs is 1. The predicted molar refractivity (Wildman–Crippen MR) is 105 cm³/mol. The SMILES string of the molecule is CC(C)S(=O)(=O)Nc1ccc(C(=O)Nc2ccc3c(c2)C(=O)N(C)C3=O)cc1. The standard InChI is InChI=1S/C19H19N3O5S/c1-11(2)28(26,27)21-13-6-4-12(5-7-13)17(23)20-14-8-9-15-16(10-14)19(25)22(3)18(15)24/h4-11,21H,1-3H3,(H,20,23). The molecule has 3 rings (SSSR count). The van der Waals surface area contributed by atoms with E-state index in [2.05, 4.69) is 10.0 Å². The Hall–Kier alpha value is -3.20. The summed E-state index contributed by atoms with van der Waals surface area (Å²) in [6, 6.07) is 10.5. The predicted octanol–water partition coefficient (Wildman–Crippen LogP) is 2.31. The summed E-state index contributed by atoms with van der Waals surface area (Å²) in [5.41, 5.74) is 1.59. The summed E-state index contributed by atoms with van der Waals surface area (Å²) in [6.07, 6.45) is 0. The number of hydrogen-bond donors (Lipinski definition) is 2. The van der Waals surface area contributed by atoms with Gasteiger partial charge >= 0.3 is 0 Å². The number of carbonyl (C=O) groups is 3. The third-order valence-corrected chi connectivity index (χ3v) is 6.14. The molecule has 0 aliphatic carbocycles. The van der Waals surface area contributed by atoms with Crippen molar-refractivity contribution in [3.8, 4) is 0 Å². The number of rotatable bonds is 5. The fourth-order valence-electron chi connectivity index (χ4n) is 2.61. The normalized spacial score (nSPS) is 13.6. The number of nitrogens with zero attached hydrogens (tertiary/aromatic N) is 1. The van der Waals surface area contributed by atoms with Crippen molar-refractivity contribution in [2.75, 3.05) is 17.1 Å². The Kier molecular flexibility index (Phi) is 4.95. The monoisotopic (exact) mass is 401 g/mol. The van der Waals surface area contributed by atoms with Gasteiger partial charge in [0.15, 0.2) is 0 Å². The third kappa shape index (κ3) is 3.61. The lowest BCUT2D eigenvalue weighted by atomic mass is 10.1. The van der Waals surface area contributed by atoms with Crippen LogP contribution in [0, 0.1) is 0 Å². The molecule has 1 heterocycles. The molecule has 0 fully saturated rings. The molecule has 0 aromatic heterocycles. The minimum atomic E-state index is -3.47. The first-order valence-electron chi connectivity index (χ1n) is 8.49. The Morgan fingerprint density at radius 2 is 1.50 bits per heavy atom. The van der Waals surface area contributed by atoms with Crippen molar-refractivity contribution in [2.24, 2.45) is 0 Å². The second kappa shape index (κ2) is 7.08. The minimum absolute atomic E-state index is 0.240. The molecule has 0 radical (unpaired) electrons. The number of nitrogens with one attached hydrogen (secondary N) is 2. The van der Waals surface area contributed by atoms with E-state index in [4.69, 9.17) is 0 Å². The van der Waals surface area contributed by atoms with Crippen LogP contribution in [0.1, 0.15) is 44.9 Å². The number of carbonyl (C=O) groups excluding carboxylic acids is 3. The zero-order valence-electron chi connectivity index (χ0n) is 15.5. The van der Waals surface area contributed by atoms with E-state index in [1.807, 2.05) is 0 Å². The van der Waals surface area contributed by atoms with Crippen molar-refractivity contribution in [3.63, 3.8) is 0 Å². The molecule has 1 aliphatic rings.